The normalized spacial score (nSPS) is 11.7. The van der Waals surface area contributed by atoms with Gasteiger partial charge in [0.05, 0.1) is 11.2 Å². The number of carbonyl (C=O) groups is 1. The molecule has 1 heterocycles. The van der Waals surface area contributed by atoms with Crippen LogP contribution in [0.4, 0.5) is 17.1 Å². The number of hydrogen-bond donors (Lipinski definition) is 2. The average molecular weight is 561 g/mol. The first-order chi connectivity index (χ1) is 19.8. The number of carbonyl (C=O) groups excluding carboxylic acids is 1. The number of amides is 1. The van der Waals surface area contributed by atoms with Gasteiger partial charge in [-0.3, -0.25) is 4.79 Å². The van der Waals surface area contributed by atoms with Gasteiger partial charge in [-0.2, -0.15) is 5.10 Å². The predicted molar refractivity (Wildman–Crippen MR) is 173 cm³/mol. The van der Waals surface area contributed by atoms with Crippen molar-refractivity contribution in [2.75, 3.05) is 17.2 Å². The Labute approximate surface area is 242 Å². The lowest BCUT2D eigenvalue weighted by molar-refractivity contribution is 0.0816. The molecule has 5 aromatic rings. The summed E-state index contributed by atoms with van der Waals surface area (Å²) in [5.74, 6) is -0.140. The number of ether oxygens (including phenoxy) is 1. The maximum Gasteiger partial charge on any atom is 0.255 e. The van der Waals surface area contributed by atoms with Gasteiger partial charge in [-0.1, -0.05) is 80.3 Å². The van der Waals surface area contributed by atoms with Gasteiger partial charge in [0.15, 0.2) is 0 Å². The van der Waals surface area contributed by atoms with Crippen LogP contribution >= 0.6 is 0 Å². The van der Waals surface area contributed by atoms with E-state index >= 15 is 0 Å². The molecule has 208 valence electrons. The zero-order valence-corrected chi connectivity index (χ0v) is 24.8. The van der Waals surface area contributed by atoms with Crippen molar-refractivity contribution in [3.63, 3.8) is 0 Å². The number of hydrogen-bond acceptors (Lipinski definition) is 4. The molecule has 0 unspecified atom stereocenters. The monoisotopic (exact) mass is 560 g/mol. The molecule has 0 atom stereocenters. The van der Waals surface area contributed by atoms with Crippen molar-refractivity contribution < 1.29 is 9.53 Å². The molecule has 0 spiro atoms. The molecule has 5 rings (SSSR count). The lowest BCUT2D eigenvalue weighted by Gasteiger charge is -2.15. The van der Waals surface area contributed by atoms with Gasteiger partial charge in [-0.05, 0) is 66.2 Å². The van der Waals surface area contributed by atoms with Crippen LogP contribution in [0.5, 0.6) is 0 Å². The molecule has 1 aromatic heterocycles. The molecule has 1 amide bonds. The van der Waals surface area contributed by atoms with E-state index in [0.29, 0.717) is 12.3 Å². The first-order valence-electron chi connectivity index (χ1n) is 13.9. The summed E-state index contributed by atoms with van der Waals surface area (Å²) in [6.07, 6.45) is 4.14. The van der Waals surface area contributed by atoms with Crippen LogP contribution < -0.4 is 10.6 Å². The van der Waals surface area contributed by atoms with Crippen LogP contribution in [-0.4, -0.2) is 30.4 Å². The second-order valence-electron chi connectivity index (χ2n) is 11.2. The Hall–Kier alpha value is -4.46. The highest BCUT2D eigenvalue weighted by Crippen LogP contribution is 2.27. The molecule has 2 N–H and O–H groups in total. The third kappa shape index (κ3) is 7.81. The first kappa shape index (κ1) is 28.1. The van der Waals surface area contributed by atoms with Crippen LogP contribution in [0.2, 0.25) is 25.7 Å². The summed E-state index contributed by atoms with van der Waals surface area (Å²) in [5.41, 5.74) is 6.15. The molecule has 0 saturated heterocycles. The van der Waals surface area contributed by atoms with Crippen LogP contribution in [-0.2, 0) is 11.5 Å². The zero-order chi connectivity index (χ0) is 28.7. The van der Waals surface area contributed by atoms with E-state index in [1.54, 1.807) is 12.1 Å². The lowest BCUT2D eigenvalue weighted by Crippen LogP contribution is -2.22. The van der Waals surface area contributed by atoms with Crippen LogP contribution in [0.1, 0.15) is 21.6 Å². The third-order valence-electron chi connectivity index (χ3n) is 6.67. The lowest BCUT2D eigenvalue weighted by atomic mass is 10.1. The Morgan fingerprint density at radius 1 is 0.829 bits per heavy atom. The predicted octanol–water partition coefficient (Wildman–Crippen LogP) is 8.51. The van der Waals surface area contributed by atoms with E-state index in [1.165, 1.54) is 0 Å². The summed E-state index contributed by atoms with van der Waals surface area (Å²) in [4.78, 5) is 12.6. The number of fused-ring (bicyclic) bond motifs is 1. The van der Waals surface area contributed by atoms with Gasteiger partial charge in [0.1, 0.15) is 6.73 Å². The van der Waals surface area contributed by atoms with Crippen molar-refractivity contribution >= 4 is 54.1 Å². The van der Waals surface area contributed by atoms with Crippen molar-refractivity contribution in [1.82, 2.24) is 9.78 Å². The molecule has 0 aliphatic rings. The summed E-state index contributed by atoms with van der Waals surface area (Å²) < 4.78 is 8.01. The fraction of sp³-hybridized carbons (Fsp3) is 0.176. The highest BCUT2D eigenvalue weighted by Gasteiger charge is 2.14. The number of benzene rings is 4. The van der Waals surface area contributed by atoms with Crippen molar-refractivity contribution in [1.29, 1.82) is 0 Å². The molecule has 7 heteroatoms. The van der Waals surface area contributed by atoms with Gasteiger partial charge in [0.2, 0.25) is 0 Å². The molecule has 41 heavy (non-hydrogen) atoms. The van der Waals surface area contributed by atoms with Gasteiger partial charge >= 0.3 is 0 Å². The molecule has 0 aliphatic heterocycles. The maximum atomic E-state index is 12.6. The largest absolute Gasteiger partial charge is 0.360 e. The fourth-order valence-corrected chi connectivity index (χ4v) is 5.16. The summed E-state index contributed by atoms with van der Waals surface area (Å²) in [6, 6.07) is 34.5. The van der Waals surface area contributed by atoms with E-state index in [-0.39, 0.29) is 5.91 Å². The standard InChI is InChI=1S/C34H36N4O2Si/c1-41(2,3)22-21-40-25-38-33-24-30(18-19-31(33)32(37-38)20-17-26-11-6-4-7-12-26)35-28-15-10-16-29(23-28)36-34(39)27-13-8-5-9-14-27/h4-20,23-24,35H,21-22,25H2,1-3H3,(H,36,39)/b20-17+. The topological polar surface area (TPSA) is 68.2 Å². The van der Waals surface area contributed by atoms with Crippen LogP contribution in [0, 0.1) is 0 Å². The van der Waals surface area contributed by atoms with Crippen LogP contribution in [0.25, 0.3) is 23.1 Å². The molecule has 0 bridgehead atoms. The van der Waals surface area contributed by atoms with Gasteiger partial charge < -0.3 is 15.4 Å². The van der Waals surface area contributed by atoms with Gasteiger partial charge in [-0.25, -0.2) is 4.68 Å². The highest BCUT2D eigenvalue weighted by molar-refractivity contribution is 6.76. The second-order valence-corrected chi connectivity index (χ2v) is 16.9. The van der Waals surface area contributed by atoms with Crippen LogP contribution in [0.15, 0.2) is 103 Å². The molecule has 0 saturated carbocycles. The van der Waals surface area contributed by atoms with Crippen molar-refractivity contribution in [3.05, 3.63) is 120 Å². The minimum Gasteiger partial charge on any atom is -0.360 e. The number of nitrogens with zero attached hydrogens (tertiary/aromatic N) is 2. The van der Waals surface area contributed by atoms with E-state index in [9.17, 15) is 4.79 Å². The minimum absolute atomic E-state index is 0.140. The highest BCUT2D eigenvalue weighted by atomic mass is 28.3. The molecule has 0 radical (unpaired) electrons. The van der Waals surface area contributed by atoms with Crippen molar-refractivity contribution in [2.24, 2.45) is 0 Å². The van der Waals surface area contributed by atoms with E-state index in [2.05, 4.69) is 72.8 Å². The van der Waals surface area contributed by atoms with E-state index in [1.807, 2.05) is 65.3 Å². The summed E-state index contributed by atoms with van der Waals surface area (Å²) in [7, 11) is -1.18. The Bertz CT molecular complexity index is 1640. The average Bonchev–Trinajstić information content (AvgIpc) is 3.31. The number of nitrogens with one attached hydrogen (secondary N) is 2. The fourth-order valence-electron chi connectivity index (χ4n) is 4.40. The SMILES string of the molecule is C[Si](C)(C)CCOCn1nc(/C=C/c2ccccc2)c2ccc(Nc3cccc(NC(=O)c4ccccc4)c3)cc21. The molecular weight excluding hydrogens is 524 g/mol. The Morgan fingerprint density at radius 3 is 2.29 bits per heavy atom. The van der Waals surface area contributed by atoms with E-state index in [4.69, 9.17) is 9.84 Å². The van der Waals surface area contributed by atoms with E-state index < -0.39 is 8.07 Å². The third-order valence-corrected chi connectivity index (χ3v) is 8.37. The Morgan fingerprint density at radius 2 is 1.54 bits per heavy atom. The quantitative estimate of drug-likeness (QED) is 0.125. The molecular formula is C34H36N4O2Si. The van der Waals surface area contributed by atoms with Gasteiger partial charge in [-0.15, -0.1) is 0 Å². The Kier molecular flexibility index (Phi) is 8.77. The summed E-state index contributed by atoms with van der Waals surface area (Å²) in [6.45, 7) is 8.18. The number of anilines is 3. The molecule has 4 aromatic carbocycles. The second kappa shape index (κ2) is 12.8. The number of aromatic nitrogens is 2. The first-order valence-corrected chi connectivity index (χ1v) is 17.6. The minimum atomic E-state index is -1.18. The Balaban J connectivity index is 1.37. The molecule has 6 nitrogen and oxygen atoms in total. The zero-order valence-electron chi connectivity index (χ0n) is 23.8. The van der Waals surface area contributed by atoms with Crippen LogP contribution in [0.3, 0.4) is 0 Å². The summed E-state index contributed by atoms with van der Waals surface area (Å²) in [5, 5.41) is 12.4. The summed E-state index contributed by atoms with van der Waals surface area (Å²) >= 11 is 0. The smallest absolute Gasteiger partial charge is 0.255 e. The van der Waals surface area contributed by atoms with E-state index in [0.717, 1.165) is 51.9 Å². The molecule has 0 aliphatic carbocycles. The van der Waals surface area contributed by atoms with Crippen molar-refractivity contribution in [3.8, 4) is 0 Å². The van der Waals surface area contributed by atoms with Crippen molar-refractivity contribution in [2.45, 2.75) is 32.4 Å². The van der Waals surface area contributed by atoms with Gasteiger partial charge in [0, 0.05) is 42.7 Å². The number of rotatable bonds is 11. The maximum absolute atomic E-state index is 12.6. The van der Waals surface area contributed by atoms with Gasteiger partial charge in [0.25, 0.3) is 5.91 Å². The molecule has 0 fully saturated rings.